The lowest BCUT2D eigenvalue weighted by molar-refractivity contribution is 0.117. The summed E-state index contributed by atoms with van der Waals surface area (Å²) in [5, 5.41) is 0. The third kappa shape index (κ3) is 7.84. The molecule has 4 nitrogen and oxygen atoms in total. The second-order valence-corrected chi connectivity index (χ2v) is 1.80. The van der Waals surface area contributed by atoms with Crippen molar-refractivity contribution in [2.45, 2.75) is 19.3 Å². The summed E-state index contributed by atoms with van der Waals surface area (Å²) in [5.41, 5.74) is 0. The molecule has 0 bridgehead atoms. The predicted octanol–water partition coefficient (Wildman–Crippen LogP) is -0.0627. The molecule has 0 aromatic rings. The van der Waals surface area contributed by atoms with E-state index >= 15 is 0 Å². The summed E-state index contributed by atoms with van der Waals surface area (Å²) in [6.07, 6.45) is 2.99. The van der Waals surface area contributed by atoms with Gasteiger partial charge in [0.2, 0.25) is 0 Å². The predicted molar refractivity (Wildman–Crippen MR) is 34.1 cm³/mol. The van der Waals surface area contributed by atoms with Gasteiger partial charge in [-0.2, -0.15) is 0 Å². The normalized spacial score (nSPS) is 10.0. The molecule has 4 heteroatoms. The molecular weight excluding hydrogens is 120 g/mol. The van der Waals surface area contributed by atoms with Gasteiger partial charge in [-0.3, -0.25) is 0 Å². The Morgan fingerprint density at radius 2 is 1.22 bits per heavy atom. The molecule has 56 valence electrons. The molecule has 0 atom stereocenters. The highest BCUT2D eigenvalue weighted by Gasteiger charge is 1.86. The molecule has 0 spiro atoms. The Balaban J connectivity index is 2.60. The van der Waals surface area contributed by atoms with Crippen molar-refractivity contribution in [3.8, 4) is 0 Å². The number of hydrogen-bond donors (Lipinski definition) is 2. The van der Waals surface area contributed by atoms with Gasteiger partial charge in [0, 0.05) is 0 Å². The van der Waals surface area contributed by atoms with Crippen molar-refractivity contribution >= 4 is 0 Å². The first kappa shape index (κ1) is 8.84. The third-order valence-electron chi connectivity index (χ3n) is 1.02. The molecule has 4 N–H and O–H groups in total. The fraction of sp³-hybridized carbons (Fsp3) is 1.00. The molecule has 0 aliphatic carbocycles. The van der Waals surface area contributed by atoms with E-state index in [2.05, 4.69) is 9.68 Å². The Morgan fingerprint density at radius 3 is 1.56 bits per heavy atom. The monoisotopic (exact) mass is 134 g/mol. The summed E-state index contributed by atoms with van der Waals surface area (Å²) in [6.45, 7) is 1.23. The zero-order valence-corrected chi connectivity index (χ0v) is 5.51. The average Bonchev–Trinajstić information content (AvgIpc) is 1.89. The molecule has 0 saturated heterocycles. The van der Waals surface area contributed by atoms with Gasteiger partial charge in [-0.05, 0) is 19.3 Å². The Kier molecular flexibility index (Phi) is 7.70. The van der Waals surface area contributed by atoms with Crippen molar-refractivity contribution in [3.05, 3.63) is 0 Å². The fourth-order valence-corrected chi connectivity index (χ4v) is 0.548. The van der Waals surface area contributed by atoms with Crippen molar-refractivity contribution in [3.63, 3.8) is 0 Å². The maximum Gasteiger partial charge on any atom is 0.0679 e. The van der Waals surface area contributed by atoms with Crippen LogP contribution >= 0.6 is 0 Å². The van der Waals surface area contributed by atoms with Crippen LogP contribution < -0.4 is 11.8 Å². The second-order valence-electron chi connectivity index (χ2n) is 1.80. The van der Waals surface area contributed by atoms with Gasteiger partial charge in [0.25, 0.3) is 0 Å². The minimum atomic E-state index is 0.616. The van der Waals surface area contributed by atoms with Crippen LogP contribution in [0.2, 0.25) is 0 Å². The highest BCUT2D eigenvalue weighted by molar-refractivity contribution is 4.37. The molecule has 0 radical (unpaired) electrons. The van der Waals surface area contributed by atoms with Crippen LogP contribution in [0.25, 0.3) is 0 Å². The number of rotatable bonds is 6. The second kappa shape index (κ2) is 7.84. The van der Waals surface area contributed by atoms with Gasteiger partial charge in [-0.25, -0.2) is 11.8 Å². The van der Waals surface area contributed by atoms with E-state index in [0.29, 0.717) is 13.2 Å². The molecular formula is C5H14N2O2. The molecule has 0 heterocycles. The smallest absolute Gasteiger partial charge is 0.0679 e. The zero-order valence-electron chi connectivity index (χ0n) is 5.51. The first-order valence-electron chi connectivity index (χ1n) is 3.05. The molecule has 0 aliphatic rings. The number of hydrogen-bond acceptors (Lipinski definition) is 4. The van der Waals surface area contributed by atoms with Crippen molar-refractivity contribution < 1.29 is 9.68 Å². The molecule has 0 unspecified atom stereocenters. The standard InChI is InChI=1S/C5H14N2O2/c6-8-4-2-1-3-5-9-7/h1-7H2. The van der Waals surface area contributed by atoms with Gasteiger partial charge in [0.05, 0.1) is 13.2 Å². The molecule has 0 amide bonds. The van der Waals surface area contributed by atoms with E-state index in [1.807, 2.05) is 0 Å². The first-order chi connectivity index (χ1) is 4.41. The zero-order chi connectivity index (χ0) is 6.95. The van der Waals surface area contributed by atoms with E-state index in [9.17, 15) is 0 Å². The molecule has 0 aromatic heterocycles. The molecule has 0 aliphatic heterocycles. The van der Waals surface area contributed by atoms with Gasteiger partial charge in [-0.15, -0.1) is 0 Å². The minimum absolute atomic E-state index is 0.616. The summed E-state index contributed by atoms with van der Waals surface area (Å²) in [7, 11) is 0. The minimum Gasteiger partial charge on any atom is -0.305 e. The lowest BCUT2D eigenvalue weighted by atomic mass is 10.2. The highest BCUT2D eigenvalue weighted by atomic mass is 16.6. The van der Waals surface area contributed by atoms with Crippen molar-refractivity contribution in [1.29, 1.82) is 0 Å². The van der Waals surface area contributed by atoms with E-state index in [1.54, 1.807) is 0 Å². The SMILES string of the molecule is NOCCCCCON. The largest absolute Gasteiger partial charge is 0.305 e. The van der Waals surface area contributed by atoms with Gasteiger partial charge in [0.1, 0.15) is 0 Å². The van der Waals surface area contributed by atoms with Gasteiger partial charge >= 0.3 is 0 Å². The van der Waals surface area contributed by atoms with Crippen LogP contribution in [0.4, 0.5) is 0 Å². The van der Waals surface area contributed by atoms with E-state index in [1.165, 1.54) is 0 Å². The van der Waals surface area contributed by atoms with Gasteiger partial charge in [0.15, 0.2) is 0 Å². The van der Waals surface area contributed by atoms with E-state index < -0.39 is 0 Å². The van der Waals surface area contributed by atoms with Crippen LogP contribution in [0.1, 0.15) is 19.3 Å². The Morgan fingerprint density at radius 1 is 0.778 bits per heavy atom. The Hall–Kier alpha value is -0.160. The number of unbranched alkanes of at least 4 members (excludes halogenated alkanes) is 2. The summed E-state index contributed by atoms with van der Waals surface area (Å²) >= 11 is 0. The van der Waals surface area contributed by atoms with Crippen molar-refractivity contribution in [2.75, 3.05) is 13.2 Å². The topological polar surface area (TPSA) is 70.5 Å². The molecule has 0 fully saturated rings. The van der Waals surface area contributed by atoms with Crippen molar-refractivity contribution in [1.82, 2.24) is 0 Å². The fourth-order valence-electron chi connectivity index (χ4n) is 0.548. The molecule has 9 heavy (non-hydrogen) atoms. The van der Waals surface area contributed by atoms with Gasteiger partial charge < -0.3 is 9.68 Å². The van der Waals surface area contributed by atoms with Crippen molar-refractivity contribution in [2.24, 2.45) is 11.8 Å². The van der Waals surface area contributed by atoms with Crippen LogP contribution in [-0.2, 0) is 9.68 Å². The Bertz CT molecular complexity index is 46.2. The van der Waals surface area contributed by atoms with Crippen LogP contribution in [0.3, 0.4) is 0 Å². The summed E-state index contributed by atoms with van der Waals surface area (Å²) in [4.78, 5) is 8.70. The van der Waals surface area contributed by atoms with Crippen LogP contribution in [0, 0.1) is 0 Å². The molecule has 0 saturated carbocycles. The van der Waals surface area contributed by atoms with E-state index in [4.69, 9.17) is 11.8 Å². The van der Waals surface area contributed by atoms with E-state index in [0.717, 1.165) is 19.3 Å². The Labute approximate surface area is 55.0 Å². The van der Waals surface area contributed by atoms with Gasteiger partial charge in [-0.1, -0.05) is 0 Å². The van der Waals surface area contributed by atoms with Crippen LogP contribution in [0.15, 0.2) is 0 Å². The highest BCUT2D eigenvalue weighted by Crippen LogP contribution is 1.93. The van der Waals surface area contributed by atoms with Crippen LogP contribution in [-0.4, -0.2) is 13.2 Å². The molecule has 0 aromatic carbocycles. The quantitative estimate of drug-likeness (QED) is 0.394. The summed E-state index contributed by atoms with van der Waals surface area (Å²) in [6, 6.07) is 0. The lowest BCUT2D eigenvalue weighted by Gasteiger charge is -1.97. The lowest BCUT2D eigenvalue weighted by Crippen LogP contribution is -2.03. The average molecular weight is 134 g/mol. The third-order valence-corrected chi connectivity index (χ3v) is 1.02. The van der Waals surface area contributed by atoms with E-state index in [-0.39, 0.29) is 0 Å². The molecule has 0 rings (SSSR count). The summed E-state index contributed by atoms with van der Waals surface area (Å²) < 4.78 is 0. The first-order valence-corrected chi connectivity index (χ1v) is 3.05. The maximum atomic E-state index is 4.79. The maximum absolute atomic E-state index is 4.79. The number of nitrogens with two attached hydrogens (primary N) is 2. The summed E-state index contributed by atoms with van der Waals surface area (Å²) in [5.74, 6) is 9.57. The van der Waals surface area contributed by atoms with Crippen LogP contribution in [0.5, 0.6) is 0 Å².